The zero-order valence-electron chi connectivity index (χ0n) is 6.26. The predicted molar refractivity (Wildman–Crippen MR) is 47.9 cm³/mol. The highest BCUT2D eigenvalue weighted by Crippen LogP contribution is 2.03. The molecule has 56 valence electrons. The van der Waals surface area contributed by atoms with Crippen LogP contribution in [0.3, 0.4) is 0 Å². The Kier molecular flexibility index (Phi) is 7.03. The molecule has 0 spiro atoms. The van der Waals surface area contributed by atoms with Crippen LogP contribution in [0.5, 0.6) is 0 Å². The Bertz CT molecular complexity index is 57.0. The molecule has 0 aliphatic carbocycles. The lowest BCUT2D eigenvalue weighted by molar-refractivity contribution is 0.418. The highest BCUT2D eigenvalue weighted by molar-refractivity contribution is 7.80. The number of hydrogen-bond acceptors (Lipinski definition) is 2. The van der Waals surface area contributed by atoms with Gasteiger partial charge < -0.3 is 4.43 Å². The molecule has 9 heavy (non-hydrogen) atoms. The van der Waals surface area contributed by atoms with Crippen LogP contribution in [-0.2, 0) is 4.43 Å². The minimum Gasteiger partial charge on any atom is -0.423 e. The van der Waals surface area contributed by atoms with E-state index < -0.39 is 9.04 Å². The summed E-state index contributed by atoms with van der Waals surface area (Å²) in [5.74, 6) is 1.01. The SMILES string of the molecule is CC[SiH](CCCS)OC. The van der Waals surface area contributed by atoms with Gasteiger partial charge in [0.1, 0.15) is 0 Å². The van der Waals surface area contributed by atoms with Crippen LogP contribution >= 0.6 is 12.6 Å². The maximum Gasteiger partial charge on any atom is 0.176 e. The van der Waals surface area contributed by atoms with Gasteiger partial charge in [0.05, 0.1) is 0 Å². The van der Waals surface area contributed by atoms with Gasteiger partial charge in [-0.2, -0.15) is 12.6 Å². The summed E-state index contributed by atoms with van der Waals surface area (Å²) in [5.41, 5.74) is 0. The van der Waals surface area contributed by atoms with Crippen molar-refractivity contribution in [2.24, 2.45) is 0 Å². The van der Waals surface area contributed by atoms with Crippen molar-refractivity contribution >= 4 is 21.7 Å². The molecule has 0 amide bonds. The Morgan fingerprint density at radius 2 is 2.22 bits per heavy atom. The molecule has 1 atom stereocenters. The largest absolute Gasteiger partial charge is 0.423 e. The molecule has 0 aliphatic heterocycles. The third-order valence-corrected chi connectivity index (χ3v) is 4.42. The summed E-state index contributed by atoms with van der Waals surface area (Å²) in [6, 6.07) is 2.54. The molecule has 0 rings (SSSR count). The lowest BCUT2D eigenvalue weighted by Gasteiger charge is -2.08. The van der Waals surface area contributed by atoms with Gasteiger partial charge in [-0.15, -0.1) is 0 Å². The number of thiol groups is 1. The molecule has 0 saturated carbocycles. The van der Waals surface area contributed by atoms with Crippen LogP contribution in [0.4, 0.5) is 0 Å². The zero-order chi connectivity index (χ0) is 7.11. The summed E-state index contributed by atoms with van der Waals surface area (Å²) in [6.45, 7) is 2.21. The summed E-state index contributed by atoms with van der Waals surface area (Å²) in [5, 5.41) is 0. The standard InChI is InChI=1S/C6H16OSSi/c1-3-9(7-2)6-4-5-8/h8-9H,3-6H2,1-2H3. The first-order valence-electron chi connectivity index (χ1n) is 3.48. The summed E-state index contributed by atoms with van der Waals surface area (Å²) in [7, 11) is 1.07. The second kappa shape index (κ2) is 6.64. The second-order valence-electron chi connectivity index (χ2n) is 2.13. The van der Waals surface area contributed by atoms with E-state index in [1.54, 1.807) is 0 Å². The Morgan fingerprint density at radius 1 is 1.56 bits per heavy atom. The zero-order valence-corrected chi connectivity index (χ0v) is 8.31. The van der Waals surface area contributed by atoms with Gasteiger partial charge in [-0.3, -0.25) is 0 Å². The molecule has 0 aliphatic rings. The molecule has 0 aromatic carbocycles. The summed E-state index contributed by atoms with van der Waals surface area (Å²) >= 11 is 4.14. The van der Waals surface area contributed by atoms with Crippen LogP contribution in [-0.4, -0.2) is 21.9 Å². The first kappa shape index (κ1) is 9.53. The van der Waals surface area contributed by atoms with Gasteiger partial charge in [-0.05, 0) is 24.3 Å². The number of rotatable bonds is 5. The van der Waals surface area contributed by atoms with E-state index in [2.05, 4.69) is 19.6 Å². The lowest BCUT2D eigenvalue weighted by atomic mass is 10.6. The highest BCUT2D eigenvalue weighted by Gasteiger charge is 2.04. The molecule has 0 bridgehead atoms. The highest BCUT2D eigenvalue weighted by atomic mass is 32.1. The van der Waals surface area contributed by atoms with Crippen molar-refractivity contribution in [1.82, 2.24) is 0 Å². The van der Waals surface area contributed by atoms with E-state index in [1.165, 1.54) is 18.5 Å². The average Bonchev–Trinajstić information content (AvgIpc) is 1.91. The Balaban J connectivity index is 3.09. The fourth-order valence-corrected chi connectivity index (χ4v) is 2.97. The van der Waals surface area contributed by atoms with Crippen molar-refractivity contribution in [3.05, 3.63) is 0 Å². The van der Waals surface area contributed by atoms with E-state index >= 15 is 0 Å². The molecule has 0 N–H and O–H groups in total. The maximum absolute atomic E-state index is 5.31. The molecule has 1 nitrogen and oxygen atoms in total. The van der Waals surface area contributed by atoms with E-state index in [4.69, 9.17) is 4.43 Å². The van der Waals surface area contributed by atoms with Crippen molar-refractivity contribution in [1.29, 1.82) is 0 Å². The maximum atomic E-state index is 5.31. The Hall–Kier alpha value is 0.527. The van der Waals surface area contributed by atoms with Gasteiger partial charge in [-0.1, -0.05) is 6.92 Å². The molecule has 0 fully saturated rings. The van der Waals surface area contributed by atoms with Crippen molar-refractivity contribution in [2.45, 2.75) is 25.4 Å². The van der Waals surface area contributed by atoms with Crippen LogP contribution in [0, 0.1) is 0 Å². The van der Waals surface area contributed by atoms with Gasteiger partial charge in [0.2, 0.25) is 0 Å². The van der Waals surface area contributed by atoms with Crippen molar-refractivity contribution in [2.75, 3.05) is 12.9 Å². The summed E-state index contributed by atoms with van der Waals surface area (Å²) in [4.78, 5) is 0. The molecular formula is C6H16OSSi. The molecule has 0 heterocycles. The molecule has 0 aromatic rings. The minimum absolute atomic E-state index is 0.759. The summed E-state index contributed by atoms with van der Waals surface area (Å²) < 4.78 is 5.31. The lowest BCUT2D eigenvalue weighted by Crippen LogP contribution is -2.13. The Labute approximate surface area is 64.9 Å². The molecule has 0 aromatic heterocycles. The van der Waals surface area contributed by atoms with Crippen LogP contribution in [0.2, 0.25) is 12.1 Å². The molecule has 1 unspecified atom stereocenters. The van der Waals surface area contributed by atoms with E-state index in [-0.39, 0.29) is 0 Å². The smallest absolute Gasteiger partial charge is 0.176 e. The minimum atomic E-state index is -0.759. The van der Waals surface area contributed by atoms with Gasteiger partial charge in [-0.25, -0.2) is 0 Å². The average molecular weight is 164 g/mol. The first-order valence-corrected chi connectivity index (χ1v) is 6.22. The fourth-order valence-electron chi connectivity index (χ4n) is 0.808. The first-order chi connectivity index (χ1) is 4.35. The van der Waals surface area contributed by atoms with Crippen molar-refractivity contribution in [3.8, 4) is 0 Å². The van der Waals surface area contributed by atoms with Gasteiger partial charge in [0.25, 0.3) is 0 Å². The van der Waals surface area contributed by atoms with Gasteiger partial charge in [0, 0.05) is 7.11 Å². The van der Waals surface area contributed by atoms with Gasteiger partial charge >= 0.3 is 0 Å². The number of hydrogen-bond donors (Lipinski definition) is 1. The fraction of sp³-hybridized carbons (Fsp3) is 1.00. The molecule has 0 saturated heterocycles. The molecule has 3 heteroatoms. The topological polar surface area (TPSA) is 9.23 Å². The second-order valence-corrected chi connectivity index (χ2v) is 5.69. The van der Waals surface area contributed by atoms with Crippen LogP contribution in [0.15, 0.2) is 0 Å². The van der Waals surface area contributed by atoms with Crippen molar-refractivity contribution in [3.63, 3.8) is 0 Å². The normalized spacial score (nSPS) is 13.7. The summed E-state index contributed by atoms with van der Waals surface area (Å²) in [6.07, 6.45) is 1.22. The van der Waals surface area contributed by atoms with E-state index in [0.717, 1.165) is 5.75 Å². The predicted octanol–water partition coefficient (Wildman–Crippen LogP) is 1.70. The quantitative estimate of drug-likeness (QED) is 0.481. The third kappa shape index (κ3) is 5.00. The van der Waals surface area contributed by atoms with E-state index in [9.17, 15) is 0 Å². The Morgan fingerprint density at radius 3 is 2.56 bits per heavy atom. The molecular weight excluding hydrogens is 148 g/mol. The van der Waals surface area contributed by atoms with Crippen LogP contribution < -0.4 is 0 Å². The van der Waals surface area contributed by atoms with Gasteiger partial charge in [0.15, 0.2) is 9.04 Å². The third-order valence-electron chi connectivity index (χ3n) is 1.47. The van der Waals surface area contributed by atoms with Crippen LogP contribution in [0.25, 0.3) is 0 Å². The van der Waals surface area contributed by atoms with Crippen LogP contribution in [0.1, 0.15) is 13.3 Å². The van der Waals surface area contributed by atoms with Crippen molar-refractivity contribution < 1.29 is 4.43 Å². The van der Waals surface area contributed by atoms with E-state index in [0.29, 0.717) is 0 Å². The molecule has 0 radical (unpaired) electrons. The van der Waals surface area contributed by atoms with E-state index in [1.807, 2.05) is 7.11 Å². The monoisotopic (exact) mass is 164 g/mol.